The third-order valence-electron chi connectivity index (χ3n) is 5.63. The summed E-state index contributed by atoms with van der Waals surface area (Å²) in [5.74, 6) is -0.963. The lowest BCUT2D eigenvalue weighted by molar-refractivity contribution is -0.115. The maximum absolute atomic E-state index is 13.1. The van der Waals surface area contributed by atoms with Gasteiger partial charge >= 0.3 is 0 Å². The fourth-order valence-corrected chi connectivity index (χ4v) is 5.16. The topological polar surface area (TPSA) is 87.3 Å². The molecule has 6 nitrogen and oxygen atoms in total. The van der Waals surface area contributed by atoms with Crippen molar-refractivity contribution in [3.8, 4) is 0 Å². The molecule has 4 aromatic rings. The first-order valence-electron chi connectivity index (χ1n) is 12.0. The van der Waals surface area contributed by atoms with Gasteiger partial charge in [-0.1, -0.05) is 35.9 Å². The lowest BCUT2D eigenvalue weighted by atomic mass is 10.2. The molecule has 1 aromatic heterocycles. The summed E-state index contributed by atoms with van der Waals surface area (Å²) in [7, 11) is 0. The van der Waals surface area contributed by atoms with E-state index in [0.29, 0.717) is 22.0 Å². The molecule has 0 spiro atoms. The summed E-state index contributed by atoms with van der Waals surface area (Å²) in [5.41, 5.74) is 3.56. The highest BCUT2D eigenvalue weighted by atomic mass is 35.5. The zero-order chi connectivity index (χ0) is 27.8. The summed E-state index contributed by atoms with van der Waals surface area (Å²) in [6, 6.07) is 23.1. The molecule has 198 valence electrons. The number of amides is 3. The van der Waals surface area contributed by atoms with Crippen LogP contribution in [0.4, 0.5) is 11.4 Å². The highest BCUT2D eigenvalue weighted by Crippen LogP contribution is 2.27. The van der Waals surface area contributed by atoms with E-state index in [9.17, 15) is 14.4 Å². The molecule has 0 saturated heterocycles. The Hall–Kier alpha value is -3.85. The Balaban J connectivity index is 1.40. The number of benzene rings is 3. The Morgan fingerprint density at radius 2 is 1.69 bits per heavy atom. The van der Waals surface area contributed by atoms with Crippen LogP contribution in [0.25, 0.3) is 6.08 Å². The number of hydrogen-bond acceptors (Lipinski definition) is 5. The van der Waals surface area contributed by atoms with Gasteiger partial charge in [-0.2, -0.15) is 11.3 Å². The van der Waals surface area contributed by atoms with Gasteiger partial charge in [0, 0.05) is 26.9 Å². The van der Waals surface area contributed by atoms with Crippen LogP contribution in [0.1, 0.15) is 28.4 Å². The number of anilines is 2. The number of carbonyl (C=O) groups is 3. The summed E-state index contributed by atoms with van der Waals surface area (Å²) < 4.78 is 0. The lowest BCUT2D eigenvalue weighted by Gasteiger charge is -2.14. The fraction of sp³-hybridized carbons (Fsp3) is 0.100. The first-order chi connectivity index (χ1) is 18.8. The molecule has 4 rings (SSSR count). The highest BCUT2D eigenvalue weighted by molar-refractivity contribution is 8.00. The monoisotopic (exact) mass is 575 g/mol. The zero-order valence-electron chi connectivity index (χ0n) is 21.2. The number of halogens is 1. The van der Waals surface area contributed by atoms with Gasteiger partial charge in [0.25, 0.3) is 11.8 Å². The third kappa shape index (κ3) is 8.07. The van der Waals surface area contributed by atoms with E-state index in [1.54, 1.807) is 54.6 Å². The predicted octanol–water partition coefficient (Wildman–Crippen LogP) is 7.24. The molecule has 1 heterocycles. The molecule has 0 aliphatic rings. The van der Waals surface area contributed by atoms with Gasteiger partial charge in [-0.05, 0) is 96.4 Å². The van der Waals surface area contributed by atoms with E-state index in [0.717, 1.165) is 16.0 Å². The second-order valence-electron chi connectivity index (χ2n) is 8.62. The molecular formula is C30H26ClN3O3S2. The van der Waals surface area contributed by atoms with Crippen LogP contribution in [0.3, 0.4) is 0 Å². The Labute approximate surface area is 240 Å². The van der Waals surface area contributed by atoms with Crippen LogP contribution in [0.5, 0.6) is 0 Å². The zero-order valence-corrected chi connectivity index (χ0v) is 23.6. The molecule has 9 heteroatoms. The first-order valence-corrected chi connectivity index (χ1v) is 14.2. The molecule has 3 N–H and O–H groups in total. The first kappa shape index (κ1) is 28.2. The van der Waals surface area contributed by atoms with Crippen molar-refractivity contribution >= 4 is 69.9 Å². The summed E-state index contributed by atoms with van der Waals surface area (Å²) in [5, 5.41) is 12.5. The van der Waals surface area contributed by atoms with Crippen molar-refractivity contribution in [3.63, 3.8) is 0 Å². The SMILES string of the molecule is Cc1ccc(Cl)cc1NC(=O)C(C)Sc1ccc(NC(=O)/C(=C/c2ccsc2)NC(=O)c2ccccc2)cc1. The second-order valence-corrected chi connectivity index (χ2v) is 11.3. The summed E-state index contributed by atoms with van der Waals surface area (Å²) >= 11 is 8.95. The molecule has 0 saturated carbocycles. The van der Waals surface area contributed by atoms with E-state index >= 15 is 0 Å². The summed E-state index contributed by atoms with van der Waals surface area (Å²) in [6.45, 7) is 3.73. The third-order valence-corrected chi connectivity index (χ3v) is 7.68. The second kappa shape index (κ2) is 13.3. The van der Waals surface area contributed by atoms with Gasteiger partial charge in [-0.25, -0.2) is 0 Å². The van der Waals surface area contributed by atoms with Gasteiger partial charge in [0.15, 0.2) is 0 Å². The predicted molar refractivity (Wildman–Crippen MR) is 161 cm³/mol. The molecular weight excluding hydrogens is 550 g/mol. The molecule has 0 aliphatic heterocycles. The number of hydrogen-bond donors (Lipinski definition) is 3. The standard InChI is InChI=1S/C30H26ClN3O3S2/c1-19-8-9-23(31)17-26(19)33-28(35)20(2)39-25-12-10-24(11-13-25)32-30(37)27(16-21-14-15-38-18-21)34-29(36)22-6-4-3-5-7-22/h3-18,20H,1-2H3,(H,32,37)(H,33,35)(H,34,36)/b27-16-. The largest absolute Gasteiger partial charge is 0.325 e. The van der Waals surface area contributed by atoms with Crippen molar-refractivity contribution in [2.75, 3.05) is 10.6 Å². The van der Waals surface area contributed by atoms with Crippen molar-refractivity contribution in [2.24, 2.45) is 0 Å². The molecule has 1 atom stereocenters. The van der Waals surface area contributed by atoms with Crippen LogP contribution in [-0.2, 0) is 9.59 Å². The molecule has 0 radical (unpaired) electrons. The van der Waals surface area contributed by atoms with Crippen LogP contribution in [0, 0.1) is 6.92 Å². The van der Waals surface area contributed by atoms with E-state index < -0.39 is 5.91 Å². The van der Waals surface area contributed by atoms with Crippen molar-refractivity contribution < 1.29 is 14.4 Å². The number of rotatable bonds is 9. The summed E-state index contributed by atoms with van der Waals surface area (Å²) in [6.07, 6.45) is 1.64. The number of thiophene rings is 1. The van der Waals surface area contributed by atoms with Crippen molar-refractivity contribution in [2.45, 2.75) is 24.0 Å². The van der Waals surface area contributed by atoms with Crippen molar-refractivity contribution in [1.82, 2.24) is 5.32 Å². The molecule has 0 fully saturated rings. The number of thioether (sulfide) groups is 1. The Kier molecular flexibility index (Phi) is 9.59. The summed E-state index contributed by atoms with van der Waals surface area (Å²) in [4.78, 5) is 39.4. The van der Waals surface area contributed by atoms with Crippen LogP contribution in [0.2, 0.25) is 5.02 Å². The number of aryl methyl sites for hydroxylation is 1. The van der Waals surface area contributed by atoms with Gasteiger partial charge in [0.2, 0.25) is 5.91 Å². The van der Waals surface area contributed by atoms with Crippen LogP contribution in [-0.4, -0.2) is 23.0 Å². The normalized spacial score (nSPS) is 11.9. The average molecular weight is 576 g/mol. The maximum Gasteiger partial charge on any atom is 0.272 e. The van der Waals surface area contributed by atoms with E-state index in [1.165, 1.54) is 23.1 Å². The van der Waals surface area contributed by atoms with Crippen molar-refractivity contribution in [3.05, 3.63) is 117 Å². The van der Waals surface area contributed by atoms with Gasteiger partial charge < -0.3 is 16.0 Å². The minimum Gasteiger partial charge on any atom is -0.325 e. The molecule has 3 amide bonds. The van der Waals surface area contributed by atoms with Crippen LogP contribution >= 0.6 is 34.7 Å². The Bertz CT molecular complexity index is 1490. The van der Waals surface area contributed by atoms with Crippen LogP contribution in [0.15, 0.2) is 100 Å². The number of nitrogens with one attached hydrogen (secondary N) is 3. The lowest BCUT2D eigenvalue weighted by Crippen LogP contribution is -2.30. The molecule has 0 aliphatic carbocycles. The van der Waals surface area contributed by atoms with Gasteiger partial charge in [-0.3, -0.25) is 14.4 Å². The fourth-order valence-electron chi connectivity index (χ4n) is 3.50. The average Bonchev–Trinajstić information content (AvgIpc) is 3.45. The maximum atomic E-state index is 13.1. The van der Waals surface area contributed by atoms with E-state index in [1.807, 2.05) is 54.9 Å². The van der Waals surface area contributed by atoms with Crippen LogP contribution < -0.4 is 16.0 Å². The smallest absolute Gasteiger partial charge is 0.272 e. The molecule has 39 heavy (non-hydrogen) atoms. The Morgan fingerprint density at radius 1 is 0.949 bits per heavy atom. The molecule has 3 aromatic carbocycles. The highest BCUT2D eigenvalue weighted by Gasteiger charge is 2.17. The molecule has 1 unspecified atom stereocenters. The number of carbonyl (C=O) groups excluding carboxylic acids is 3. The minimum atomic E-state index is -0.449. The quantitative estimate of drug-likeness (QED) is 0.145. The minimum absolute atomic E-state index is 0.127. The van der Waals surface area contributed by atoms with E-state index in [-0.39, 0.29) is 22.8 Å². The van der Waals surface area contributed by atoms with Gasteiger partial charge in [0.05, 0.1) is 5.25 Å². The van der Waals surface area contributed by atoms with E-state index in [2.05, 4.69) is 16.0 Å². The van der Waals surface area contributed by atoms with Crippen molar-refractivity contribution in [1.29, 1.82) is 0 Å². The molecule has 0 bridgehead atoms. The Morgan fingerprint density at radius 3 is 2.38 bits per heavy atom. The van der Waals surface area contributed by atoms with Gasteiger partial charge in [-0.15, -0.1) is 11.8 Å². The van der Waals surface area contributed by atoms with Gasteiger partial charge in [0.1, 0.15) is 5.70 Å². The van der Waals surface area contributed by atoms with E-state index in [4.69, 9.17) is 11.6 Å².